The largest absolute Gasteiger partial charge is 0.444 e. The number of nitrogens with zero attached hydrogens (tertiary/aromatic N) is 8. The van der Waals surface area contributed by atoms with Crippen LogP contribution in [0.4, 0.5) is 11.5 Å². The molecule has 0 spiro atoms. The van der Waals surface area contributed by atoms with E-state index in [9.17, 15) is 4.79 Å². The van der Waals surface area contributed by atoms with Gasteiger partial charge in [0.25, 0.3) is 5.91 Å². The zero-order chi connectivity index (χ0) is 21.8. The van der Waals surface area contributed by atoms with Gasteiger partial charge in [-0.3, -0.25) is 9.48 Å². The molecule has 160 valence electrons. The Morgan fingerprint density at radius 2 is 2.16 bits per heavy atom. The van der Waals surface area contributed by atoms with E-state index in [2.05, 4.69) is 41.1 Å². The van der Waals surface area contributed by atoms with Crippen LogP contribution in [-0.2, 0) is 18.8 Å². The van der Waals surface area contributed by atoms with Crippen molar-refractivity contribution in [3.05, 3.63) is 36.5 Å². The number of carbonyl (C=O) groups is 1. The number of aryl methyl sites for hydroxylation is 2. The number of methoxy groups -OCH3 is 1. The number of rotatable bonds is 8. The normalized spacial score (nSPS) is 10.9. The summed E-state index contributed by atoms with van der Waals surface area (Å²) >= 11 is 0. The third kappa shape index (κ3) is 4.56. The van der Waals surface area contributed by atoms with Gasteiger partial charge in [0.15, 0.2) is 11.4 Å². The molecule has 31 heavy (non-hydrogen) atoms. The van der Waals surface area contributed by atoms with Gasteiger partial charge >= 0.3 is 0 Å². The molecule has 0 atom stereocenters. The van der Waals surface area contributed by atoms with Gasteiger partial charge in [0.05, 0.1) is 19.3 Å². The number of tetrazole rings is 1. The first-order chi connectivity index (χ1) is 15.0. The Labute approximate surface area is 176 Å². The molecule has 0 aliphatic carbocycles. The molecule has 0 aliphatic heterocycles. The zero-order valence-corrected chi connectivity index (χ0v) is 17.1. The fourth-order valence-corrected chi connectivity index (χ4v) is 2.76. The summed E-state index contributed by atoms with van der Waals surface area (Å²) in [6.45, 7) is 1.16. The van der Waals surface area contributed by atoms with E-state index in [1.807, 2.05) is 0 Å². The lowest BCUT2D eigenvalue weighted by Gasteiger charge is -2.05. The molecule has 4 rings (SSSR count). The Hall–Kier alpha value is -4.13. The average Bonchev–Trinajstić information content (AvgIpc) is 3.48. The van der Waals surface area contributed by atoms with Crippen molar-refractivity contribution in [2.24, 2.45) is 14.1 Å². The number of nitrogens with one attached hydrogen (secondary N) is 2. The van der Waals surface area contributed by atoms with Gasteiger partial charge in [-0.2, -0.15) is 9.90 Å². The number of amides is 1. The predicted molar refractivity (Wildman–Crippen MR) is 109 cm³/mol. The summed E-state index contributed by atoms with van der Waals surface area (Å²) in [7, 11) is 5.00. The van der Waals surface area contributed by atoms with Gasteiger partial charge in [0, 0.05) is 38.7 Å². The van der Waals surface area contributed by atoms with E-state index in [0.717, 1.165) is 0 Å². The number of pyridine rings is 1. The number of ether oxygens (including phenoxy) is 1. The third-order valence-electron chi connectivity index (χ3n) is 4.15. The van der Waals surface area contributed by atoms with E-state index in [0.29, 0.717) is 47.6 Å². The highest BCUT2D eigenvalue weighted by atomic mass is 16.5. The summed E-state index contributed by atoms with van der Waals surface area (Å²) in [4.78, 5) is 22.6. The van der Waals surface area contributed by atoms with Crippen molar-refractivity contribution in [3.8, 4) is 23.0 Å². The second kappa shape index (κ2) is 8.71. The van der Waals surface area contributed by atoms with Gasteiger partial charge in [-0.15, -0.1) is 10.2 Å². The Balaban J connectivity index is 1.50. The van der Waals surface area contributed by atoms with Crippen molar-refractivity contribution >= 4 is 17.4 Å². The first-order valence-corrected chi connectivity index (χ1v) is 9.27. The molecule has 13 heteroatoms. The Morgan fingerprint density at radius 3 is 2.94 bits per heavy atom. The molecular weight excluding hydrogens is 404 g/mol. The van der Waals surface area contributed by atoms with E-state index in [4.69, 9.17) is 9.15 Å². The van der Waals surface area contributed by atoms with Crippen LogP contribution < -0.4 is 10.6 Å². The maximum absolute atomic E-state index is 12.7. The molecule has 0 radical (unpaired) electrons. The number of carbonyl (C=O) groups excluding carboxylic acids is 1. The smallest absolute Gasteiger partial charge is 0.277 e. The minimum absolute atomic E-state index is 0.114. The molecule has 0 saturated heterocycles. The monoisotopic (exact) mass is 424 g/mol. The van der Waals surface area contributed by atoms with E-state index in [1.54, 1.807) is 50.4 Å². The Bertz CT molecular complexity index is 1190. The number of aromatic nitrogens is 8. The number of oxazole rings is 1. The second-order valence-electron chi connectivity index (χ2n) is 6.51. The molecule has 2 N–H and O–H groups in total. The van der Waals surface area contributed by atoms with Gasteiger partial charge in [0.2, 0.25) is 11.7 Å². The maximum atomic E-state index is 12.7. The molecule has 1 amide bonds. The van der Waals surface area contributed by atoms with Crippen LogP contribution in [0.3, 0.4) is 0 Å². The van der Waals surface area contributed by atoms with E-state index in [1.165, 1.54) is 11.1 Å². The molecule has 0 aliphatic rings. The van der Waals surface area contributed by atoms with Crippen molar-refractivity contribution in [2.75, 3.05) is 30.9 Å². The molecule has 0 fully saturated rings. The molecule has 13 nitrogen and oxygen atoms in total. The highest BCUT2D eigenvalue weighted by Crippen LogP contribution is 2.24. The van der Waals surface area contributed by atoms with E-state index < -0.39 is 5.91 Å². The maximum Gasteiger partial charge on any atom is 0.277 e. The standard InChI is InChI=1S/C18H20N10O3/c1-27-9-12(15(24-27)16-23-26-28(2)25-16)21-17(29)13-10-31-18(22-13)11-4-5-19-14(8-11)20-6-7-30-3/h4-5,8-10H,6-7H2,1-3H3,(H,19,20)(H,21,29). The first-order valence-electron chi connectivity index (χ1n) is 9.27. The summed E-state index contributed by atoms with van der Waals surface area (Å²) in [6.07, 6.45) is 4.56. The van der Waals surface area contributed by atoms with Crippen LogP contribution in [0.1, 0.15) is 10.5 Å². The molecule has 0 aromatic carbocycles. The first kappa shape index (κ1) is 20.2. The van der Waals surface area contributed by atoms with Gasteiger partial charge in [-0.25, -0.2) is 9.97 Å². The number of hydrogen-bond acceptors (Lipinski definition) is 10. The second-order valence-corrected chi connectivity index (χ2v) is 6.51. The molecule has 0 saturated carbocycles. The van der Waals surface area contributed by atoms with Crippen LogP contribution >= 0.6 is 0 Å². The molecule has 4 aromatic rings. The minimum Gasteiger partial charge on any atom is -0.444 e. The lowest BCUT2D eigenvalue weighted by Crippen LogP contribution is -2.12. The van der Waals surface area contributed by atoms with Crippen LogP contribution in [0.15, 0.2) is 35.2 Å². The topological polar surface area (TPSA) is 151 Å². The van der Waals surface area contributed by atoms with Crippen LogP contribution in [-0.4, -0.2) is 66.1 Å². The fourth-order valence-electron chi connectivity index (χ4n) is 2.76. The van der Waals surface area contributed by atoms with Gasteiger partial charge < -0.3 is 19.8 Å². The predicted octanol–water partition coefficient (Wildman–Crippen LogP) is 0.971. The molecule has 0 unspecified atom stereocenters. The lowest BCUT2D eigenvalue weighted by atomic mass is 10.2. The third-order valence-corrected chi connectivity index (χ3v) is 4.15. The Kier molecular flexibility index (Phi) is 5.66. The summed E-state index contributed by atoms with van der Waals surface area (Å²) in [5.74, 6) is 0.782. The highest BCUT2D eigenvalue weighted by Gasteiger charge is 2.20. The zero-order valence-electron chi connectivity index (χ0n) is 17.1. The SMILES string of the molecule is COCCNc1cc(-c2nc(C(=O)Nc3cn(C)nc3-c3nnn(C)n3)co2)ccn1. The minimum atomic E-state index is -0.458. The van der Waals surface area contributed by atoms with Gasteiger partial charge in [0.1, 0.15) is 12.1 Å². The fraction of sp³-hybridized carbons (Fsp3) is 0.278. The van der Waals surface area contributed by atoms with Crippen molar-refractivity contribution in [3.63, 3.8) is 0 Å². The summed E-state index contributed by atoms with van der Waals surface area (Å²) < 4.78 is 12.1. The van der Waals surface area contributed by atoms with Crippen molar-refractivity contribution in [2.45, 2.75) is 0 Å². The summed E-state index contributed by atoms with van der Waals surface area (Å²) in [5.41, 5.74) is 1.62. The quantitative estimate of drug-likeness (QED) is 0.392. The summed E-state index contributed by atoms with van der Waals surface area (Å²) in [5, 5.41) is 22.1. The van der Waals surface area contributed by atoms with Crippen LogP contribution in [0, 0.1) is 0 Å². The van der Waals surface area contributed by atoms with Gasteiger partial charge in [-0.05, 0) is 17.3 Å². The van der Waals surface area contributed by atoms with Crippen molar-refractivity contribution in [1.82, 2.24) is 40.0 Å². The van der Waals surface area contributed by atoms with E-state index >= 15 is 0 Å². The highest BCUT2D eigenvalue weighted by molar-refractivity contribution is 6.04. The van der Waals surface area contributed by atoms with Crippen molar-refractivity contribution < 1.29 is 13.9 Å². The van der Waals surface area contributed by atoms with Crippen molar-refractivity contribution in [1.29, 1.82) is 0 Å². The van der Waals surface area contributed by atoms with Crippen LogP contribution in [0.2, 0.25) is 0 Å². The molecule has 4 heterocycles. The molecule has 0 bridgehead atoms. The Morgan fingerprint density at radius 1 is 1.29 bits per heavy atom. The summed E-state index contributed by atoms with van der Waals surface area (Å²) in [6, 6.07) is 3.52. The van der Waals surface area contributed by atoms with Gasteiger partial charge in [-0.1, -0.05) is 0 Å². The number of hydrogen-bond donors (Lipinski definition) is 2. The van der Waals surface area contributed by atoms with Crippen LogP contribution in [0.5, 0.6) is 0 Å². The number of anilines is 2. The lowest BCUT2D eigenvalue weighted by molar-refractivity contribution is 0.102. The van der Waals surface area contributed by atoms with E-state index in [-0.39, 0.29) is 5.69 Å². The average molecular weight is 424 g/mol. The van der Waals surface area contributed by atoms with Crippen LogP contribution in [0.25, 0.3) is 23.0 Å². The molecule has 4 aromatic heterocycles. The molecular formula is C18H20N10O3.